The van der Waals surface area contributed by atoms with E-state index >= 15 is 0 Å². The summed E-state index contributed by atoms with van der Waals surface area (Å²) in [5.41, 5.74) is 1.20. The van der Waals surface area contributed by atoms with Crippen LogP contribution in [0.2, 0.25) is 10.0 Å². The van der Waals surface area contributed by atoms with E-state index in [9.17, 15) is 14.4 Å². The zero-order valence-corrected chi connectivity index (χ0v) is 13.8. The predicted molar refractivity (Wildman–Crippen MR) is 87.8 cm³/mol. The van der Waals surface area contributed by atoms with Gasteiger partial charge in [0.25, 0.3) is 11.8 Å². The second-order valence-corrected chi connectivity index (χ2v) is 6.06. The first-order valence-electron chi connectivity index (χ1n) is 7.09. The smallest absolute Gasteiger partial charge is 0.330 e. The Kier molecular flexibility index (Phi) is 4.55. The standard InChI is InChI=1S/C17H11Cl2NO4/c18-11-7-10(8-12(19)9-11)5-6-15(21)24-20-16(22)13-3-1-2-4-14(13)17(20)23/h1-4,7-9H,5-6H2. The molecule has 24 heavy (non-hydrogen) atoms. The van der Waals surface area contributed by atoms with Crippen LogP contribution in [0.4, 0.5) is 0 Å². The van der Waals surface area contributed by atoms with Gasteiger partial charge in [-0.2, -0.15) is 0 Å². The number of rotatable bonds is 4. The molecule has 3 rings (SSSR count). The van der Waals surface area contributed by atoms with Crippen molar-refractivity contribution in [1.29, 1.82) is 0 Å². The van der Waals surface area contributed by atoms with Crippen LogP contribution in [0.15, 0.2) is 42.5 Å². The number of fused-ring (bicyclic) bond motifs is 1. The molecule has 2 aromatic carbocycles. The summed E-state index contributed by atoms with van der Waals surface area (Å²) in [5.74, 6) is -1.98. The van der Waals surface area contributed by atoms with Gasteiger partial charge in [-0.25, -0.2) is 4.79 Å². The molecule has 0 bridgehead atoms. The lowest BCUT2D eigenvalue weighted by Crippen LogP contribution is -2.32. The quantitative estimate of drug-likeness (QED) is 0.777. The Morgan fingerprint density at radius 2 is 1.50 bits per heavy atom. The summed E-state index contributed by atoms with van der Waals surface area (Å²) < 4.78 is 0. The topological polar surface area (TPSA) is 63.7 Å². The van der Waals surface area contributed by atoms with Crippen molar-refractivity contribution in [1.82, 2.24) is 5.06 Å². The van der Waals surface area contributed by atoms with E-state index < -0.39 is 17.8 Å². The van der Waals surface area contributed by atoms with E-state index in [1.54, 1.807) is 30.3 Å². The van der Waals surface area contributed by atoms with Gasteiger partial charge in [0.2, 0.25) is 0 Å². The van der Waals surface area contributed by atoms with Crippen LogP contribution in [0.1, 0.15) is 32.7 Å². The van der Waals surface area contributed by atoms with E-state index in [2.05, 4.69) is 0 Å². The molecule has 0 atom stereocenters. The summed E-state index contributed by atoms with van der Waals surface area (Å²) in [5, 5.41) is 1.43. The molecule has 0 spiro atoms. The molecule has 5 nitrogen and oxygen atoms in total. The Labute approximate surface area is 147 Å². The number of carbonyl (C=O) groups is 3. The Bertz CT molecular complexity index is 795. The van der Waals surface area contributed by atoms with Gasteiger partial charge >= 0.3 is 5.97 Å². The molecule has 0 aliphatic carbocycles. The van der Waals surface area contributed by atoms with Crippen molar-refractivity contribution in [2.75, 3.05) is 0 Å². The van der Waals surface area contributed by atoms with E-state index in [-0.39, 0.29) is 17.5 Å². The molecule has 1 heterocycles. The molecular formula is C17H11Cl2NO4. The van der Waals surface area contributed by atoms with Crippen molar-refractivity contribution in [2.45, 2.75) is 12.8 Å². The molecule has 0 N–H and O–H groups in total. The zero-order valence-electron chi connectivity index (χ0n) is 12.3. The van der Waals surface area contributed by atoms with Gasteiger partial charge in [-0.1, -0.05) is 40.4 Å². The van der Waals surface area contributed by atoms with Crippen LogP contribution < -0.4 is 0 Å². The third kappa shape index (κ3) is 3.27. The molecule has 7 heteroatoms. The van der Waals surface area contributed by atoms with Gasteiger partial charge in [0, 0.05) is 10.0 Å². The molecule has 1 aliphatic rings. The molecule has 122 valence electrons. The zero-order chi connectivity index (χ0) is 17.3. The van der Waals surface area contributed by atoms with E-state index in [0.717, 1.165) is 5.56 Å². The van der Waals surface area contributed by atoms with E-state index in [0.29, 0.717) is 21.5 Å². The maximum absolute atomic E-state index is 12.1. The average molecular weight is 364 g/mol. The fraction of sp³-hybridized carbons (Fsp3) is 0.118. The van der Waals surface area contributed by atoms with Crippen LogP contribution in [0.25, 0.3) is 0 Å². The van der Waals surface area contributed by atoms with Crippen LogP contribution in [0.5, 0.6) is 0 Å². The number of benzene rings is 2. The summed E-state index contributed by atoms with van der Waals surface area (Å²) in [4.78, 5) is 41.1. The molecule has 0 unspecified atom stereocenters. The number of hydroxylamine groups is 2. The number of amides is 2. The van der Waals surface area contributed by atoms with Crippen molar-refractivity contribution in [2.24, 2.45) is 0 Å². The highest BCUT2D eigenvalue weighted by Crippen LogP contribution is 2.23. The number of halogens is 2. The second kappa shape index (κ2) is 6.63. The average Bonchev–Trinajstić information content (AvgIpc) is 2.78. The lowest BCUT2D eigenvalue weighted by Gasteiger charge is -2.12. The largest absolute Gasteiger partial charge is 0.333 e. The molecule has 0 saturated heterocycles. The van der Waals surface area contributed by atoms with Crippen molar-refractivity contribution < 1.29 is 19.2 Å². The summed E-state index contributed by atoms with van der Waals surface area (Å²) in [7, 11) is 0. The lowest BCUT2D eigenvalue weighted by atomic mass is 10.1. The first-order chi connectivity index (χ1) is 11.5. The second-order valence-electron chi connectivity index (χ2n) is 5.19. The van der Waals surface area contributed by atoms with Gasteiger partial charge in [-0.15, -0.1) is 0 Å². The summed E-state index contributed by atoms with van der Waals surface area (Å²) >= 11 is 11.8. The highest BCUT2D eigenvalue weighted by atomic mass is 35.5. The molecule has 0 aromatic heterocycles. The Balaban J connectivity index is 1.64. The summed E-state index contributed by atoms with van der Waals surface area (Å²) in [6.45, 7) is 0. The Hall–Kier alpha value is -2.37. The maximum atomic E-state index is 12.1. The summed E-state index contributed by atoms with van der Waals surface area (Å²) in [6.07, 6.45) is 0.298. The van der Waals surface area contributed by atoms with Gasteiger partial charge in [0.15, 0.2) is 0 Å². The van der Waals surface area contributed by atoms with E-state index in [1.165, 1.54) is 12.1 Å². The van der Waals surface area contributed by atoms with E-state index in [1.807, 2.05) is 0 Å². The third-order valence-corrected chi connectivity index (χ3v) is 3.93. The minimum Gasteiger partial charge on any atom is -0.330 e. The number of aryl methyl sites for hydroxylation is 1. The monoisotopic (exact) mass is 363 g/mol. The molecule has 0 radical (unpaired) electrons. The number of hydrogen-bond acceptors (Lipinski definition) is 4. The molecule has 1 aliphatic heterocycles. The molecule has 0 saturated carbocycles. The Morgan fingerprint density at radius 1 is 0.958 bits per heavy atom. The first-order valence-corrected chi connectivity index (χ1v) is 7.85. The van der Waals surface area contributed by atoms with Crippen molar-refractivity contribution in [3.8, 4) is 0 Å². The van der Waals surface area contributed by atoms with Gasteiger partial charge in [0.05, 0.1) is 17.5 Å². The molecule has 2 aromatic rings. The van der Waals surface area contributed by atoms with Gasteiger partial charge in [0.1, 0.15) is 0 Å². The maximum Gasteiger partial charge on any atom is 0.333 e. The fourth-order valence-corrected chi connectivity index (χ4v) is 2.97. The predicted octanol–water partition coefficient (Wildman–Crippen LogP) is 3.68. The highest BCUT2D eigenvalue weighted by molar-refractivity contribution is 6.34. The molecule has 0 fully saturated rings. The SMILES string of the molecule is O=C(CCc1cc(Cl)cc(Cl)c1)ON1C(=O)c2ccccc2C1=O. The van der Waals surface area contributed by atoms with Crippen LogP contribution >= 0.6 is 23.2 Å². The van der Waals surface area contributed by atoms with Crippen LogP contribution in [-0.2, 0) is 16.1 Å². The highest BCUT2D eigenvalue weighted by Gasteiger charge is 2.38. The van der Waals surface area contributed by atoms with Gasteiger partial charge in [-0.05, 0) is 42.3 Å². The normalized spacial score (nSPS) is 13.2. The number of carbonyl (C=O) groups excluding carboxylic acids is 3. The number of imide groups is 1. The van der Waals surface area contributed by atoms with E-state index in [4.69, 9.17) is 28.0 Å². The van der Waals surface area contributed by atoms with Crippen LogP contribution in [0.3, 0.4) is 0 Å². The minimum atomic E-state index is -0.694. The van der Waals surface area contributed by atoms with Gasteiger partial charge < -0.3 is 4.84 Å². The third-order valence-electron chi connectivity index (χ3n) is 3.49. The molecule has 2 amide bonds. The lowest BCUT2D eigenvalue weighted by molar-refractivity contribution is -0.168. The Morgan fingerprint density at radius 3 is 2.04 bits per heavy atom. The van der Waals surface area contributed by atoms with Crippen LogP contribution in [0, 0.1) is 0 Å². The van der Waals surface area contributed by atoms with Crippen LogP contribution in [-0.4, -0.2) is 22.8 Å². The van der Waals surface area contributed by atoms with Gasteiger partial charge in [-0.3, -0.25) is 9.59 Å². The van der Waals surface area contributed by atoms with Crippen molar-refractivity contribution in [3.05, 3.63) is 69.2 Å². The fourth-order valence-electron chi connectivity index (χ4n) is 2.40. The van der Waals surface area contributed by atoms with Crippen molar-refractivity contribution >= 4 is 41.0 Å². The molecular weight excluding hydrogens is 353 g/mol. The number of nitrogens with zero attached hydrogens (tertiary/aromatic N) is 1. The van der Waals surface area contributed by atoms with Crippen molar-refractivity contribution in [3.63, 3.8) is 0 Å². The first kappa shape index (κ1) is 16.5. The number of hydrogen-bond donors (Lipinski definition) is 0. The summed E-state index contributed by atoms with van der Waals surface area (Å²) in [6, 6.07) is 11.3. The minimum absolute atomic E-state index is 0.0237.